The fourth-order valence-corrected chi connectivity index (χ4v) is 2.76. The molecule has 0 aromatic carbocycles. The molecule has 1 rings (SSSR count). The van der Waals surface area contributed by atoms with Crippen LogP contribution in [-0.4, -0.2) is 34.6 Å². The highest BCUT2D eigenvalue weighted by Crippen LogP contribution is 2.38. The highest BCUT2D eigenvalue weighted by atomic mass is 16.4. The lowest BCUT2D eigenvalue weighted by Gasteiger charge is -2.45. The molecule has 3 heteroatoms. The summed E-state index contributed by atoms with van der Waals surface area (Å²) in [5.41, 5.74) is 0.215. The zero-order valence-corrected chi connectivity index (χ0v) is 11.9. The molecule has 3 nitrogen and oxygen atoms in total. The van der Waals surface area contributed by atoms with Crippen molar-refractivity contribution in [2.45, 2.75) is 71.4 Å². The molecule has 0 amide bonds. The van der Waals surface area contributed by atoms with Gasteiger partial charge in [-0.3, -0.25) is 9.69 Å². The Balaban J connectivity index is 2.59. The van der Waals surface area contributed by atoms with Crippen molar-refractivity contribution >= 4 is 5.97 Å². The van der Waals surface area contributed by atoms with Crippen LogP contribution in [0.1, 0.15) is 59.8 Å². The van der Waals surface area contributed by atoms with E-state index < -0.39 is 5.97 Å². The number of rotatable bonds is 4. The number of carbonyl (C=O) groups is 1. The highest BCUT2D eigenvalue weighted by molar-refractivity contribution is 5.68. The Morgan fingerprint density at radius 3 is 2.24 bits per heavy atom. The monoisotopic (exact) mass is 241 g/mol. The van der Waals surface area contributed by atoms with Crippen LogP contribution in [0.5, 0.6) is 0 Å². The second-order valence-corrected chi connectivity index (χ2v) is 6.89. The van der Waals surface area contributed by atoms with Crippen LogP contribution < -0.4 is 0 Å². The number of carboxylic acid groups (broad SMARTS) is 1. The smallest absolute Gasteiger partial charge is 0.305 e. The molecule has 0 heterocycles. The van der Waals surface area contributed by atoms with Crippen LogP contribution >= 0.6 is 0 Å². The second-order valence-electron chi connectivity index (χ2n) is 6.89. The standard InChI is InChI=1S/C14H27NO2/c1-13(2)8-6-11(7-9-13)15(5)14(3,4)10-12(16)17/h11H,6-10H2,1-5H3,(H,16,17). The summed E-state index contributed by atoms with van der Waals surface area (Å²) in [6, 6.07) is 0.539. The van der Waals surface area contributed by atoms with E-state index in [0.29, 0.717) is 11.5 Å². The van der Waals surface area contributed by atoms with Gasteiger partial charge in [-0.25, -0.2) is 0 Å². The van der Waals surface area contributed by atoms with E-state index in [1.165, 1.54) is 25.7 Å². The van der Waals surface area contributed by atoms with Gasteiger partial charge < -0.3 is 5.11 Å². The largest absolute Gasteiger partial charge is 0.481 e. The molecule has 1 saturated carbocycles. The van der Waals surface area contributed by atoms with E-state index in [4.69, 9.17) is 5.11 Å². The van der Waals surface area contributed by atoms with Crippen LogP contribution in [-0.2, 0) is 4.79 Å². The van der Waals surface area contributed by atoms with Crippen molar-refractivity contribution in [2.24, 2.45) is 5.41 Å². The molecule has 0 saturated heterocycles. The lowest BCUT2D eigenvalue weighted by atomic mass is 9.74. The molecule has 17 heavy (non-hydrogen) atoms. The van der Waals surface area contributed by atoms with Gasteiger partial charge >= 0.3 is 5.97 Å². The van der Waals surface area contributed by atoms with E-state index in [-0.39, 0.29) is 12.0 Å². The summed E-state index contributed by atoms with van der Waals surface area (Å²) in [7, 11) is 2.08. The van der Waals surface area contributed by atoms with Gasteiger partial charge in [-0.2, -0.15) is 0 Å². The van der Waals surface area contributed by atoms with Crippen molar-refractivity contribution in [2.75, 3.05) is 7.05 Å². The fourth-order valence-electron chi connectivity index (χ4n) is 2.76. The van der Waals surface area contributed by atoms with Crippen LogP contribution in [0, 0.1) is 5.41 Å². The molecule has 1 aliphatic rings. The van der Waals surface area contributed by atoms with Gasteiger partial charge in [0.25, 0.3) is 0 Å². The Kier molecular flexibility index (Phi) is 4.23. The molecule has 1 aliphatic carbocycles. The first-order valence-electron chi connectivity index (χ1n) is 6.59. The molecular formula is C14H27NO2. The Morgan fingerprint density at radius 1 is 1.35 bits per heavy atom. The van der Waals surface area contributed by atoms with E-state index in [9.17, 15) is 4.79 Å². The Bertz CT molecular complexity index is 274. The van der Waals surface area contributed by atoms with Gasteiger partial charge in [0.2, 0.25) is 0 Å². The average molecular weight is 241 g/mol. The Morgan fingerprint density at radius 2 is 1.82 bits per heavy atom. The maximum Gasteiger partial charge on any atom is 0.305 e. The van der Waals surface area contributed by atoms with Crippen molar-refractivity contribution < 1.29 is 9.90 Å². The van der Waals surface area contributed by atoms with E-state index in [1.54, 1.807) is 0 Å². The van der Waals surface area contributed by atoms with Gasteiger partial charge in [-0.1, -0.05) is 13.8 Å². The summed E-state index contributed by atoms with van der Waals surface area (Å²) < 4.78 is 0. The molecule has 0 aliphatic heterocycles. The zero-order valence-electron chi connectivity index (χ0n) is 11.9. The molecule has 1 N–H and O–H groups in total. The summed E-state index contributed by atoms with van der Waals surface area (Å²) in [4.78, 5) is 13.2. The normalized spacial score (nSPS) is 21.8. The molecule has 1 fully saturated rings. The molecular weight excluding hydrogens is 214 g/mol. The highest BCUT2D eigenvalue weighted by Gasteiger charge is 2.35. The van der Waals surface area contributed by atoms with Crippen molar-refractivity contribution in [3.63, 3.8) is 0 Å². The van der Waals surface area contributed by atoms with E-state index >= 15 is 0 Å². The lowest BCUT2D eigenvalue weighted by Crippen LogP contribution is -2.50. The lowest BCUT2D eigenvalue weighted by molar-refractivity contribution is -0.140. The third-order valence-electron chi connectivity index (χ3n) is 4.40. The van der Waals surface area contributed by atoms with E-state index in [2.05, 4.69) is 25.8 Å². The summed E-state index contributed by atoms with van der Waals surface area (Å²) in [5.74, 6) is -0.710. The van der Waals surface area contributed by atoms with E-state index in [1.807, 2.05) is 13.8 Å². The van der Waals surface area contributed by atoms with Gasteiger partial charge in [0.1, 0.15) is 0 Å². The van der Waals surface area contributed by atoms with Crippen LogP contribution in [0.15, 0.2) is 0 Å². The first-order valence-corrected chi connectivity index (χ1v) is 6.59. The van der Waals surface area contributed by atoms with Gasteiger partial charge in [-0.15, -0.1) is 0 Å². The zero-order chi connectivity index (χ0) is 13.3. The van der Waals surface area contributed by atoms with Gasteiger partial charge in [-0.05, 0) is 52.0 Å². The molecule has 0 spiro atoms. The number of aliphatic carboxylic acids is 1. The summed E-state index contributed by atoms with van der Waals surface area (Å²) in [6.45, 7) is 8.71. The van der Waals surface area contributed by atoms with Crippen LogP contribution in [0.3, 0.4) is 0 Å². The summed E-state index contributed by atoms with van der Waals surface area (Å²) in [6.07, 6.45) is 5.07. The number of carboxylic acids is 1. The van der Waals surface area contributed by atoms with Gasteiger partial charge in [0.05, 0.1) is 6.42 Å². The molecule has 0 unspecified atom stereocenters. The maximum absolute atomic E-state index is 10.9. The predicted octanol–water partition coefficient (Wildman–Crippen LogP) is 3.14. The Labute approximate surface area is 105 Å². The third kappa shape index (κ3) is 3.98. The number of hydrogen-bond donors (Lipinski definition) is 1. The first-order chi connectivity index (χ1) is 7.64. The predicted molar refractivity (Wildman–Crippen MR) is 70.1 cm³/mol. The quantitative estimate of drug-likeness (QED) is 0.822. The fraction of sp³-hybridized carbons (Fsp3) is 0.929. The van der Waals surface area contributed by atoms with Crippen LogP contribution in [0.25, 0.3) is 0 Å². The van der Waals surface area contributed by atoms with Crippen molar-refractivity contribution in [3.05, 3.63) is 0 Å². The number of hydrogen-bond acceptors (Lipinski definition) is 2. The maximum atomic E-state index is 10.9. The molecule has 0 aromatic heterocycles. The minimum absolute atomic E-state index is 0.212. The average Bonchev–Trinajstić information content (AvgIpc) is 2.14. The molecule has 100 valence electrons. The molecule has 0 aromatic rings. The van der Waals surface area contributed by atoms with Crippen LogP contribution in [0.4, 0.5) is 0 Å². The molecule has 0 atom stereocenters. The van der Waals surface area contributed by atoms with Crippen LogP contribution in [0.2, 0.25) is 0 Å². The van der Waals surface area contributed by atoms with Gasteiger partial charge in [0, 0.05) is 11.6 Å². The van der Waals surface area contributed by atoms with Crippen molar-refractivity contribution in [1.82, 2.24) is 4.90 Å². The Hall–Kier alpha value is -0.570. The van der Waals surface area contributed by atoms with Gasteiger partial charge in [0.15, 0.2) is 0 Å². The topological polar surface area (TPSA) is 40.5 Å². The SMILES string of the molecule is CN(C1CCC(C)(C)CC1)C(C)(C)CC(=O)O. The molecule has 0 bridgehead atoms. The summed E-state index contributed by atoms with van der Waals surface area (Å²) >= 11 is 0. The number of nitrogens with zero attached hydrogens (tertiary/aromatic N) is 1. The first kappa shape index (κ1) is 14.5. The summed E-state index contributed by atoms with van der Waals surface area (Å²) in [5, 5.41) is 8.95. The minimum atomic E-state index is -0.710. The third-order valence-corrected chi connectivity index (χ3v) is 4.40. The molecule has 0 radical (unpaired) electrons. The van der Waals surface area contributed by atoms with E-state index in [0.717, 1.165) is 0 Å². The van der Waals surface area contributed by atoms with Crippen molar-refractivity contribution in [3.8, 4) is 0 Å². The minimum Gasteiger partial charge on any atom is -0.481 e. The second kappa shape index (κ2) is 4.97. The van der Waals surface area contributed by atoms with Crippen molar-refractivity contribution in [1.29, 1.82) is 0 Å².